The monoisotopic (exact) mass is 269 g/mol. The molecule has 6 heteroatoms. The summed E-state index contributed by atoms with van der Waals surface area (Å²) < 4.78 is 0. The number of para-hydroxylation sites is 1. The molecule has 1 aliphatic heterocycles. The predicted molar refractivity (Wildman–Crippen MR) is 68.5 cm³/mol. The second kappa shape index (κ2) is 4.17. The highest BCUT2D eigenvalue weighted by atomic mass is 16.2. The molecule has 0 atom stereocenters. The highest BCUT2D eigenvalue weighted by Gasteiger charge is 2.57. The largest absolute Gasteiger partial charge is 0.335 e. The molecule has 3 rings (SSSR count). The Morgan fingerprint density at radius 3 is 2.50 bits per heavy atom. The van der Waals surface area contributed by atoms with Crippen molar-refractivity contribution in [3.05, 3.63) is 29.8 Å². The van der Waals surface area contributed by atoms with Gasteiger partial charge in [-0.2, -0.15) is 5.26 Å². The van der Waals surface area contributed by atoms with Gasteiger partial charge in [0.2, 0.25) is 5.91 Å². The van der Waals surface area contributed by atoms with Crippen molar-refractivity contribution >= 4 is 23.5 Å². The zero-order valence-corrected chi connectivity index (χ0v) is 10.5. The second-order valence-electron chi connectivity index (χ2n) is 4.96. The van der Waals surface area contributed by atoms with Crippen molar-refractivity contribution in [3.8, 4) is 6.07 Å². The van der Waals surface area contributed by atoms with Crippen molar-refractivity contribution in [2.75, 3.05) is 4.90 Å². The summed E-state index contributed by atoms with van der Waals surface area (Å²) in [5.41, 5.74) is -0.688. The molecular formula is C14H11N3O3. The number of hydrogen-bond acceptors (Lipinski definition) is 4. The topological polar surface area (TPSA) is 90.3 Å². The van der Waals surface area contributed by atoms with Gasteiger partial charge in [-0.3, -0.25) is 14.9 Å². The molecule has 6 nitrogen and oxygen atoms in total. The summed E-state index contributed by atoms with van der Waals surface area (Å²) in [5, 5.41) is 11.3. The molecule has 1 N–H and O–H groups in total. The van der Waals surface area contributed by atoms with Gasteiger partial charge in [-0.15, -0.1) is 0 Å². The zero-order valence-electron chi connectivity index (χ0n) is 10.5. The molecule has 4 amide bonds. The highest BCUT2D eigenvalue weighted by molar-refractivity contribution is 6.30. The van der Waals surface area contributed by atoms with E-state index >= 15 is 0 Å². The standard InChI is InChI=1S/C14H11N3O3/c15-8-9-4-1-2-5-10(9)17-12(19)14(6-3-7-14)11(18)16-13(17)20/h1-2,4-5H,3,6-7H2,(H,16,18,20). The second-order valence-corrected chi connectivity index (χ2v) is 4.96. The fraction of sp³-hybridized carbons (Fsp3) is 0.286. The Kier molecular flexibility index (Phi) is 2.57. The maximum atomic E-state index is 12.6. The van der Waals surface area contributed by atoms with Crippen molar-refractivity contribution in [1.82, 2.24) is 5.32 Å². The van der Waals surface area contributed by atoms with Crippen molar-refractivity contribution in [3.63, 3.8) is 0 Å². The van der Waals surface area contributed by atoms with Crippen LogP contribution in [-0.2, 0) is 9.59 Å². The van der Waals surface area contributed by atoms with Crippen LogP contribution in [0, 0.1) is 16.7 Å². The minimum absolute atomic E-state index is 0.219. The maximum Gasteiger partial charge on any atom is 0.335 e. The van der Waals surface area contributed by atoms with Crippen molar-refractivity contribution in [1.29, 1.82) is 5.26 Å². The van der Waals surface area contributed by atoms with Gasteiger partial charge in [-0.1, -0.05) is 18.6 Å². The molecule has 100 valence electrons. The van der Waals surface area contributed by atoms with Crippen LogP contribution in [0.4, 0.5) is 10.5 Å². The van der Waals surface area contributed by atoms with Gasteiger partial charge >= 0.3 is 6.03 Å². The molecule has 0 bridgehead atoms. The molecule has 1 saturated carbocycles. The van der Waals surface area contributed by atoms with Gasteiger partial charge in [0.05, 0.1) is 11.3 Å². The Labute approximate surface area is 115 Å². The van der Waals surface area contributed by atoms with Crippen LogP contribution >= 0.6 is 0 Å². The number of rotatable bonds is 1. The molecule has 1 aromatic rings. The van der Waals surface area contributed by atoms with Gasteiger partial charge < -0.3 is 0 Å². The Balaban J connectivity index is 2.09. The molecule has 20 heavy (non-hydrogen) atoms. The third kappa shape index (κ3) is 1.46. The van der Waals surface area contributed by atoms with Gasteiger partial charge in [0, 0.05) is 0 Å². The first-order valence-electron chi connectivity index (χ1n) is 6.29. The van der Waals surface area contributed by atoms with E-state index in [0.717, 1.165) is 11.3 Å². The third-order valence-corrected chi connectivity index (χ3v) is 3.94. The number of nitriles is 1. The highest BCUT2D eigenvalue weighted by Crippen LogP contribution is 2.45. The fourth-order valence-corrected chi connectivity index (χ4v) is 2.63. The van der Waals surface area contributed by atoms with Crippen LogP contribution in [0.15, 0.2) is 24.3 Å². The van der Waals surface area contributed by atoms with Crippen LogP contribution in [0.3, 0.4) is 0 Å². The Morgan fingerprint density at radius 2 is 1.90 bits per heavy atom. The molecule has 1 aromatic carbocycles. The lowest BCUT2D eigenvalue weighted by Gasteiger charge is -2.44. The molecule has 0 unspecified atom stereocenters. The van der Waals surface area contributed by atoms with Gasteiger partial charge in [-0.25, -0.2) is 9.69 Å². The number of amides is 4. The Morgan fingerprint density at radius 1 is 1.20 bits per heavy atom. The molecule has 0 aromatic heterocycles. The van der Waals surface area contributed by atoms with E-state index in [1.165, 1.54) is 12.1 Å². The van der Waals surface area contributed by atoms with E-state index < -0.39 is 23.3 Å². The summed E-state index contributed by atoms with van der Waals surface area (Å²) in [5.74, 6) is -1.05. The zero-order chi connectivity index (χ0) is 14.3. The number of imide groups is 2. The average Bonchev–Trinajstić information content (AvgIpc) is 2.37. The first kappa shape index (κ1) is 12.4. The maximum absolute atomic E-state index is 12.6. The summed E-state index contributed by atoms with van der Waals surface area (Å²) in [6.45, 7) is 0. The first-order chi connectivity index (χ1) is 9.60. The predicted octanol–water partition coefficient (Wildman–Crippen LogP) is 1.31. The Bertz CT molecular complexity index is 670. The fourth-order valence-electron chi connectivity index (χ4n) is 2.63. The van der Waals surface area contributed by atoms with E-state index in [2.05, 4.69) is 5.32 Å². The summed E-state index contributed by atoms with van der Waals surface area (Å²) in [4.78, 5) is 37.4. The normalized spacial score (nSPS) is 20.4. The third-order valence-electron chi connectivity index (χ3n) is 3.94. The SMILES string of the molecule is N#Cc1ccccc1N1C(=O)NC(=O)C2(CCC2)C1=O. The van der Waals surface area contributed by atoms with Gasteiger partial charge in [0.1, 0.15) is 11.5 Å². The summed E-state index contributed by atoms with van der Waals surface area (Å²) in [6, 6.07) is 7.50. The molecule has 2 aliphatic rings. The van der Waals surface area contributed by atoms with Crippen LogP contribution in [0.25, 0.3) is 0 Å². The molecule has 1 spiro atoms. The number of carbonyl (C=O) groups excluding carboxylic acids is 3. The lowest BCUT2D eigenvalue weighted by atomic mass is 9.66. The quantitative estimate of drug-likeness (QED) is 0.778. The van der Waals surface area contributed by atoms with Crippen molar-refractivity contribution in [2.45, 2.75) is 19.3 Å². The van der Waals surface area contributed by atoms with E-state index in [-0.39, 0.29) is 11.3 Å². The number of urea groups is 1. The number of barbiturate groups is 1. The van der Waals surface area contributed by atoms with Crippen molar-refractivity contribution < 1.29 is 14.4 Å². The van der Waals surface area contributed by atoms with E-state index in [1.807, 2.05) is 6.07 Å². The summed E-state index contributed by atoms with van der Waals surface area (Å²) in [7, 11) is 0. The van der Waals surface area contributed by atoms with Crippen LogP contribution < -0.4 is 10.2 Å². The lowest BCUT2D eigenvalue weighted by Crippen LogP contribution is -2.66. The van der Waals surface area contributed by atoms with Crippen LogP contribution in [-0.4, -0.2) is 17.8 Å². The smallest absolute Gasteiger partial charge is 0.276 e. The number of benzene rings is 1. The minimum Gasteiger partial charge on any atom is -0.276 e. The molecule has 1 aliphatic carbocycles. The molecule has 1 heterocycles. The van der Waals surface area contributed by atoms with Crippen molar-refractivity contribution in [2.24, 2.45) is 5.41 Å². The van der Waals surface area contributed by atoms with Gasteiger partial charge in [-0.05, 0) is 25.0 Å². The van der Waals surface area contributed by atoms with E-state index in [1.54, 1.807) is 12.1 Å². The Hall–Kier alpha value is -2.68. The molecule has 2 fully saturated rings. The van der Waals surface area contributed by atoms with Crippen LogP contribution in [0.5, 0.6) is 0 Å². The number of carbonyl (C=O) groups is 3. The van der Waals surface area contributed by atoms with Crippen LogP contribution in [0.1, 0.15) is 24.8 Å². The van der Waals surface area contributed by atoms with E-state index in [0.29, 0.717) is 12.8 Å². The summed E-state index contributed by atoms with van der Waals surface area (Å²) >= 11 is 0. The van der Waals surface area contributed by atoms with Gasteiger partial charge in [0.15, 0.2) is 0 Å². The van der Waals surface area contributed by atoms with Gasteiger partial charge in [0.25, 0.3) is 5.91 Å². The molecular weight excluding hydrogens is 258 g/mol. The molecule has 1 saturated heterocycles. The van der Waals surface area contributed by atoms with Crippen LogP contribution in [0.2, 0.25) is 0 Å². The average molecular weight is 269 g/mol. The number of anilines is 1. The molecule has 0 radical (unpaired) electrons. The summed E-state index contributed by atoms with van der Waals surface area (Å²) in [6.07, 6.45) is 1.66. The minimum atomic E-state index is -1.13. The number of hydrogen-bond donors (Lipinski definition) is 1. The first-order valence-corrected chi connectivity index (χ1v) is 6.29. The number of nitrogens with one attached hydrogen (secondary N) is 1. The number of nitrogens with zero attached hydrogens (tertiary/aromatic N) is 2. The van der Waals surface area contributed by atoms with E-state index in [4.69, 9.17) is 5.26 Å². The van der Waals surface area contributed by atoms with E-state index in [9.17, 15) is 14.4 Å². The lowest BCUT2D eigenvalue weighted by molar-refractivity contribution is -0.148.